The topological polar surface area (TPSA) is 61.8 Å². The highest BCUT2D eigenvalue weighted by molar-refractivity contribution is 5.85. The minimum Gasteiger partial charge on any atom is -0.383 e. The van der Waals surface area contributed by atoms with E-state index in [1.807, 2.05) is 0 Å². The summed E-state index contributed by atoms with van der Waals surface area (Å²) in [6.07, 6.45) is 2.59. The lowest BCUT2D eigenvalue weighted by molar-refractivity contribution is -0.216. The van der Waals surface area contributed by atoms with Crippen LogP contribution in [0.4, 0.5) is 8.78 Å². The number of alkyl halides is 2. The van der Waals surface area contributed by atoms with Crippen LogP contribution in [0.15, 0.2) is 0 Å². The van der Waals surface area contributed by atoms with E-state index in [2.05, 4.69) is 10.2 Å². The molecule has 0 radical (unpaired) electrons. The van der Waals surface area contributed by atoms with Crippen LogP contribution in [-0.4, -0.2) is 65.8 Å². The number of nitrogens with one attached hydrogen (secondary N) is 1. The maximum absolute atomic E-state index is 13.9. The fourth-order valence-electron chi connectivity index (χ4n) is 2.99. The number of carbonyl (C=O) groups excluding carboxylic acids is 1. The van der Waals surface area contributed by atoms with Gasteiger partial charge in [0.05, 0.1) is 12.7 Å². The van der Waals surface area contributed by atoms with E-state index in [0.717, 1.165) is 6.54 Å². The maximum atomic E-state index is 13.9. The summed E-state index contributed by atoms with van der Waals surface area (Å²) in [5.74, 6) is -5.12. The number of nitrogens with zero attached hydrogens (tertiary/aromatic N) is 1. The fraction of sp³-hybridized carbons (Fsp3) is 0.929. The zero-order chi connectivity index (χ0) is 15.1. The van der Waals surface area contributed by atoms with E-state index < -0.39 is 17.4 Å². The van der Waals surface area contributed by atoms with Crippen LogP contribution in [0, 0.1) is 0 Å². The van der Waals surface area contributed by atoms with E-state index in [-0.39, 0.29) is 25.5 Å². The average Bonchev–Trinajstić information content (AvgIpc) is 3.26. The molecule has 3 rings (SSSR count). The molecule has 1 amide bonds. The third-order valence-electron chi connectivity index (χ3n) is 4.77. The van der Waals surface area contributed by atoms with Gasteiger partial charge in [0.25, 0.3) is 5.91 Å². The van der Waals surface area contributed by atoms with Gasteiger partial charge in [-0.25, -0.2) is 0 Å². The van der Waals surface area contributed by atoms with Crippen LogP contribution in [0.5, 0.6) is 0 Å². The quantitative estimate of drug-likeness (QED) is 0.777. The third-order valence-corrected chi connectivity index (χ3v) is 4.77. The van der Waals surface area contributed by atoms with Crippen molar-refractivity contribution in [3.8, 4) is 0 Å². The van der Waals surface area contributed by atoms with E-state index in [1.54, 1.807) is 0 Å². The Morgan fingerprint density at radius 3 is 2.71 bits per heavy atom. The summed E-state index contributed by atoms with van der Waals surface area (Å²) in [6, 6.07) is 0.601. The highest BCUT2D eigenvalue weighted by Crippen LogP contribution is 2.44. The Labute approximate surface area is 122 Å². The molecular formula is C14H22F2N2O3. The van der Waals surface area contributed by atoms with Gasteiger partial charge in [-0.05, 0) is 32.1 Å². The normalized spacial score (nSPS) is 29.8. The molecule has 0 aromatic rings. The predicted octanol–water partition coefficient (Wildman–Crippen LogP) is 0.516. The summed E-state index contributed by atoms with van der Waals surface area (Å²) in [6.45, 7) is 2.16. The molecule has 1 heterocycles. The van der Waals surface area contributed by atoms with E-state index in [4.69, 9.17) is 4.74 Å². The molecule has 3 fully saturated rings. The van der Waals surface area contributed by atoms with Gasteiger partial charge in [0.2, 0.25) is 0 Å². The molecule has 3 aliphatic rings. The molecule has 0 aromatic heterocycles. The molecule has 1 unspecified atom stereocenters. The average molecular weight is 304 g/mol. The Morgan fingerprint density at radius 2 is 2.14 bits per heavy atom. The van der Waals surface area contributed by atoms with Crippen LogP contribution < -0.4 is 5.32 Å². The molecule has 0 aromatic carbocycles. The van der Waals surface area contributed by atoms with E-state index >= 15 is 0 Å². The summed E-state index contributed by atoms with van der Waals surface area (Å²) in [7, 11) is 0. The molecule has 2 saturated carbocycles. The van der Waals surface area contributed by atoms with Crippen LogP contribution in [0.3, 0.4) is 0 Å². The van der Waals surface area contributed by atoms with Gasteiger partial charge in [-0.2, -0.15) is 8.78 Å². The van der Waals surface area contributed by atoms with Crippen LogP contribution in [-0.2, 0) is 9.53 Å². The maximum Gasteiger partial charge on any atom is 0.352 e. The van der Waals surface area contributed by atoms with Crippen molar-refractivity contribution in [2.24, 2.45) is 0 Å². The third kappa shape index (κ3) is 2.91. The number of hydrogen-bond donors (Lipinski definition) is 2. The molecule has 1 aliphatic heterocycles. The second-order valence-corrected chi connectivity index (χ2v) is 6.39. The van der Waals surface area contributed by atoms with Crippen molar-refractivity contribution < 1.29 is 23.4 Å². The van der Waals surface area contributed by atoms with Gasteiger partial charge in [-0.3, -0.25) is 9.69 Å². The first kappa shape index (κ1) is 15.1. The number of ether oxygens (including phenoxy) is 1. The van der Waals surface area contributed by atoms with Crippen LogP contribution in [0.2, 0.25) is 0 Å². The van der Waals surface area contributed by atoms with Crippen molar-refractivity contribution in [3.63, 3.8) is 0 Å². The Bertz CT molecular complexity index is 411. The van der Waals surface area contributed by atoms with Crippen molar-refractivity contribution in [2.75, 3.05) is 26.2 Å². The number of aliphatic hydroxyl groups is 1. The fourth-order valence-corrected chi connectivity index (χ4v) is 2.99. The van der Waals surface area contributed by atoms with Gasteiger partial charge in [0.1, 0.15) is 5.60 Å². The lowest BCUT2D eigenvalue weighted by atomic mass is 9.75. The van der Waals surface area contributed by atoms with Crippen molar-refractivity contribution in [3.05, 3.63) is 0 Å². The van der Waals surface area contributed by atoms with E-state index in [0.29, 0.717) is 25.6 Å². The van der Waals surface area contributed by atoms with Gasteiger partial charge in [-0.1, -0.05) is 0 Å². The molecule has 21 heavy (non-hydrogen) atoms. The van der Waals surface area contributed by atoms with Crippen LogP contribution in [0.25, 0.3) is 0 Å². The predicted molar refractivity (Wildman–Crippen MR) is 71.1 cm³/mol. The SMILES string of the molecule is O=C(NCC1CN(C2CC2)CCO1)C(F)(F)C1(O)CCC1. The largest absolute Gasteiger partial charge is 0.383 e. The van der Waals surface area contributed by atoms with Gasteiger partial charge < -0.3 is 15.2 Å². The molecule has 0 bridgehead atoms. The molecule has 2 aliphatic carbocycles. The summed E-state index contributed by atoms with van der Waals surface area (Å²) in [5.41, 5.74) is -2.16. The molecule has 0 spiro atoms. The minimum atomic E-state index is -3.73. The summed E-state index contributed by atoms with van der Waals surface area (Å²) in [5, 5.41) is 12.0. The molecule has 2 N–H and O–H groups in total. The van der Waals surface area contributed by atoms with Crippen molar-refractivity contribution in [2.45, 2.75) is 55.8 Å². The van der Waals surface area contributed by atoms with Crippen molar-refractivity contribution in [1.29, 1.82) is 0 Å². The molecule has 5 nitrogen and oxygen atoms in total. The van der Waals surface area contributed by atoms with Gasteiger partial charge in [-0.15, -0.1) is 0 Å². The number of carbonyl (C=O) groups is 1. The zero-order valence-corrected chi connectivity index (χ0v) is 12.0. The summed E-state index contributed by atoms with van der Waals surface area (Å²) >= 11 is 0. The number of hydrogen-bond acceptors (Lipinski definition) is 4. The number of morpholine rings is 1. The monoisotopic (exact) mass is 304 g/mol. The number of amides is 1. The Balaban J connectivity index is 1.48. The summed E-state index contributed by atoms with van der Waals surface area (Å²) < 4.78 is 33.3. The Kier molecular flexibility index (Phi) is 3.92. The summed E-state index contributed by atoms with van der Waals surface area (Å²) in [4.78, 5) is 14.0. The molecule has 1 saturated heterocycles. The van der Waals surface area contributed by atoms with E-state index in [1.165, 1.54) is 12.8 Å². The zero-order valence-electron chi connectivity index (χ0n) is 12.0. The first-order valence-corrected chi connectivity index (χ1v) is 7.66. The molecular weight excluding hydrogens is 282 g/mol. The van der Waals surface area contributed by atoms with Crippen molar-refractivity contribution >= 4 is 5.91 Å². The lowest BCUT2D eigenvalue weighted by Crippen LogP contribution is -2.61. The highest BCUT2D eigenvalue weighted by Gasteiger charge is 2.61. The van der Waals surface area contributed by atoms with Crippen molar-refractivity contribution in [1.82, 2.24) is 10.2 Å². The van der Waals surface area contributed by atoms with Gasteiger partial charge in [0, 0.05) is 25.7 Å². The Morgan fingerprint density at radius 1 is 1.43 bits per heavy atom. The van der Waals surface area contributed by atoms with E-state index in [9.17, 15) is 18.7 Å². The molecule has 7 heteroatoms. The highest BCUT2D eigenvalue weighted by atomic mass is 19.3. The van der Waals surface area contributed by atoms with Gasteiger partial charge in [0.15, 0.2) is 0 Å². The first-order chi connectivity index (χ1) is 9.92. The number of halogens is 2. The lowest BCUT2D eigenvalue weighted by Gasteiger charge is -2.41. The second kappa shape index (κ2) is 5.44. The standard InChI is InChI=1S/C14H22F2N2O3/c15-14(16,13(20)4-1-5-13)12(19)17-8-11-9-18(6-7-21-11)10-2-3-10/h10-11,20H,1-9H2,(H,17,19). The van der Waals surface area contributed by atoms with Crippen LogP contribution >= 0.6 is 0 Å². The Hall–Kier alpha value is -0.790. The second-order valence-electron chi connectivity index (χ2n) is 6.39. The van der Waals surface area contributed by atoms with Gasteiger partial charge >= 0.3 is 5.92 Å². The number of rotatable bonds is 5. The minimum absolute atomic E-state index is 0.0250. The molecule has 1 atom stereocenters. The smallest absolute Gasteiger partial charge is 0.352 e. The van der Waals surface area contributed by atoms with Crippen LogP contribution in [0.1, 0.15) is 32.1 Å². The molecule has 120 valence electrons. The first-order valence-electron chi connectivity index (χ1n) is 7.66.